The summed E-state index contributed by atoms with van der Waals surface area (Å²) in [6.07, 6.45) is 0.775. The number of rotatable bonds is 8. The zero-order valence-electron chi connectivity index (χ0n) is 9.97. The van der Waals surface area contributed by atoms with Crippen LogP contribution >= 0.6 is 0 Å². The highest BCUT2D eigenvalue weighted by Gasteiger charge is 2.10. The van der Waals surface area contributed by atoms with Crippen molar-refractivity contribution in [2.24, 2.45) is 5.92 Å². The van der Waals surface area contributed by atoms with Crippen LogP contribution in [0.1, 0.15) is 34.1 Å². The fourth-order valence-corrected chi connectivity index (χ4v) is 0.983. The summed E-state index contributed by atoms with van der Waals surface area (Å²) in [6.45, 7) is 11.2. The lowest BCUT2D eigenvalue weighted by atomic mass is 10.1. The summed E-state index contributed by atoms with van der Waals surface area (Å²) in [5, 5.41) is 12.7. The quantitative estimate of drug-likeness (QED) is 0.586. The van der Waals surface area contributed by atoms with Crippen LogP contribution in [-0.4, -0.2) is 37.0 Å². The molecule has 0 aromatic carbocycles. The van der Waals surface area contributed by atoms with Crippen molar-refractivity contribution in [1.29, 1.82) is 0 Å². The second-order valence-corrected chi connectivity index (χ2v) is 4.78. The minimum atomic E-state index is -0.564. The summed E-state index contributed by atoms with van der Waals surface area (Å²) in [6, 6.07) is 0. The molecule has 0 atom stereocenters. The number of aliphatic hydroxyl groups is 1. The molecule has 0 amide bonds. The first-order valence-corrected chi connectivity index (χ1v) is 5.42. The summed E-state index contributed by atoms with van der Waals surface area (Å²) in [7, 11) is 0. The highest BCUT2D eigenvalue weighted by Crippen LogP contribution is 2.04. The van der Waals surface area contributed by atoms with Gasteiger partial charge in [0.2, 0.25) is 0 Å². The normalized spacial score (nSPS) is 12.4. The van der Waals surface area contributed by atoms with E-state index in [1.54, 1.807) is 0 Å². The topological polar surface area (TPSA) is 41.5 Å². The van der Waals surface area contributed by atoms with Crippen molar-refractivity contribution in [2.45, 2.75) is 39.7 Å². The lowest BCUT2D eigenvalue weighted by Crippen LogP contribution is -2.28. The Labute approximate surface area is 87.8 Å². The van der Waals surface area contributed by atoms with E-state index >= 15 is 0 Å². The van der Waals surface area contributed by atoms with Gasteiger partial charge >= 0.3 is 0 Å². The second kappa shape index (κ2) is 7.21. The minimum absolute atomic E-state index is 0.564. The molecular weight excluding hydrogens is 178 g/mol. The second-order valence-electron chi connectivity index (χ2n) is 4.78. The minimum Gasteiger partial charge on any atom is -0.390 e. The van der Waals surface area contributed by atoms with Crippen molar-refractivity contribution in [3.63, 3.8) is 0 Å². The molecule has 0 rings (SSSR count). The lowest BCUT2D eigenvalue weighted by Gasteiger charge is -2.17. The molecule has 0 heterocycles. The Balaban J connectivity index is 3.07. The van der Waals surface area contributed by atoms with Gasteiger partial charge in [-0.3, -0.25) is 0 Å². The Bertz CT molecular complexity index is 130. The van der Waals surface area contributed by atoms with E-state index in [0.29, 0.717) is 5.92 Å². The first-order chi connectivity index (χ1) is 6.42. The van der Waals surface area contributed by atoms with Crippen molar-refractivity contribution in [3.8, 4) is 0 Å². The standard InChI is InChI=1S/C11H25NO2/c1-10(2)9-14-8-7-12-6-5-11(3,4)13/h10,12-13H,5-9H2,1-4H3. The highest BCUT2D eigenvalue weighted by molar-refractivity contribution is 4.65. The molecule has 0 aromatic heterocycles. The predicted molar refractivity (Wildman–Crippen MR) is 59.4 cm³/mol. The average Bonchev–Trinajstić information content (AvgIpc) is 2.00. The molecule has 0 aliphatic carbocycles. The fourth-order valence-electron chi connectivity index (χ4n) is 0.983. The van der Waals surface area contributed by atoms with Crippen molar-refractivity contribution in [2.75, 3.05) is 26.3 Å². The van der Waals surface area contributed by atoms with Gasteiger partial charge in [-0.15, -0.1) is 0 Å². The molecule has 0 aromatic rings. The molecule has 3 nitrogen and oxygen atoms in total. The summed E-state index contributed by atoms with van der Waals surface area (Å²) >= 11 is 0. The molecule has 0 spiro atoms. The van der Waals surface area contributed by atoms with Crippen LogP contribution in [0.4, 0.5) is 0 Å². The average molecular weight is 203 g/mol. The Morgan fingerprint density at radius 1 is 1.29 bits per heavy atom. The molecule has 3 heteroatoms. The zero-order chi connectivity index (χ0) is 11.0. The van der Waals surface area contributed by atoms with E-state index in [-0.39, 0.29) is 0 Å². The van der Waals surface area contributed by atoms with Crippen LogP contribution in [0.2, 0.25) is 0 Å². The van der Waals surface area contributed by atoms with E-state index in [0.717, 1.165) is 32.7 Å². The van der Waals surface area contributed by atoms with Gasteiger partial charge in [-0.05, 0) is 32.7 Å². The summed E-state index contributed by atoms with van der Waals surface area (Å²) < 4.78 is 5.40. The van der Waals surface area contributed by atoms with E-state index in [2.05, 4.69) is 19.2 Å². The van der Waals surface area contributed by atoms with Crippen LogP contribution < -0.4 is 5.32 Å². The molecule has 0 radical (unpaired) electrons. The molecule has 0 fully saturated rings. The van der Waals surface area contributed by atoms with Crippen molar-refractivity contribution >= 4 is 0 Å². The van der Waals surface area contributed by atoms with Gasteiger partial charge in [0.25, 0.3) is 0 Å². The zero-order valence-corrected chi connectivity index (χ0v) is 9.97. The predicted octanol–water partition coefficient (Wildman–Crippen LogP) is 1.41. The van der Waals surface area contributed by atoms with Gasteiger partial charge in [0, 0.05) is 13.2 Å². The Kier molecular flexibility index (Phi) is 7.15. The van der Waals surface area contributed by atoms with E-state index in [4.69, 9.17) is 4.74 Å². The molecule has 0 saturated carbocycles. The number of hydrogen-bond acceptors (Lipinski definition) is 3. The monoisotopic (exact) mass is 203 g/mol. The summed E-state index contributed by atoms with van der Waals surface area (Å²) in [5.74, 6) is 0.603. The first kappa shape index (κ1) is 13.9. The van der Waals surface area contributed by atoms with Gasteiger partial charge in [-0.1, -0.05) is 13.8 Å². The fraction of sp³-hybridized carbons (Fsp3) is 1.00. The van der Waals surface area contributed by atoms with Gasteiger partial charge in [0.05, 0.1) is 12.2 Å². The third-order valence-electron chi connectivity index (χ3n) is 1.79. The van der Waals surface area contributed by atoms with Gasteiger partial charge in [0.1, 0.15) is 0 Å². The third kappa shape index (κ3) is 11.9. The van der Waals surface area contributed by atoms with Crippen LogP contribution in [0, 0.1) is 5.92 Å². The SMILES string of the molecule is CC(C)COCCNCCC(C)(C)O. The van der Waals surface area contributed by atoms with Crippen LogP contribution in [0.25, 0.3) is 0 Å². The molecule has 2 N–H and O–H groups in total. The van der Waals surface area contributed by atoms with Crippen LogP contribution in [0.5, 0.6) is 0 Å². The smallest absolute Gasteiger partial charge is 0.0603 e. The van der Waals surface area contributed by atoms with E-state index in [1.165, 1.54) is 0 Å². The summed E-state index contributed by atoms with van der Waals surface area (Å²) in [5.41, 5.74) is -0.564. The molecule has 0 saturated heterocycles. The first-order valence-electron chi connectivity index (χ1n) is 5.42. The molecule has 0 bridgehead atoms. The molecule has 86 valence electrons. The highest BCUT2D eigenvalue weighted by atomic mass is 16.5. The van der Waals surface area contributed by atoms with Crippen molar-refractivity contribution in [3.05, 3.63) is 0 Å². The molecule has 14 heavy (non-hydrogen) atoms. The maximum atomic E-state index is 9.42. The van der Waals surface area contributed by atoms with E-state index in [1.807, 2.05) is 13.8 Å². The van der Waals surface area contributed by atoms with Crippen LogP contribution in [-0.2, 0) is 4.74 Å². The van der Waals surface area contributed by atoms with Gasteiger partial charge in [-0.25, -0.2) is 0 Å². The van der Waals surface area contributed by atoms with Crippen molar-refractivity contribution in [1.82, 2.24) is 5.32 Å². The molecule has 0 aliphatic rings. The maximum absolute atomic E-state index is 9.42. The van der Waals surface area contributed by atoms with Crippen LogP contribution in [0.15, 0.2) is 0 Å². The molecular formula is C11H25NO2. The van der Waals surface area contributed by atoms with Gasteiger partial charge in [-0.2, -0.15) is 0 Å². The molecule has 0 unspecified atom stereocenters. The maximum Gasteiger partial charge on any atom is 0.0603 e. The van der Waals surface area contributed by atoms with Crippen molar-refractivity contribution < 1.29 is 9.84 Å². The van der Waals surface area contributed by atoms with E-state index in [9.17, 15) is 5.11 Å². The van der Waals surface area contributed by atoms with Gasteiger partial charge < -0.3 is 15.2 Å². The number of hydrogen-bond donors (Lipinski definition) is 2. The lowest BCUT2D eigenvalue weighted by molar-refractivity contribution is 0.0691. The third-order valence-corrected chi connectivity index (χ3v) is 1.79. The number of nitrogens with one attached hydrogen (secondary N) is 1. The van der Waals surface area contributed by atoms with E-state index < -0.39 is 5.60 Å². The molecule has 0 aliphatic heterocycles. The Hall–Kier alpha value is -0.120. The summed E-state index contributed by atoms with van der Waals surface area (Å²) in [4.78, 5) is 0. The van der Waals surface area contributed by atoms with Gasteiger partial charge in [0.15, 0.2) is 0 Å². The van der Waals surface area contributed by atoms with Crippen LogP contribution in [0.3, 0.4) is 0 Å². The Morgan fingerprint density at radius 3 is 2.43 bits per heavy atom. The number of ether oxygens (including phenoxy) is 1. The largest absolute Gasteiger partial charge is 0.390 e. The Morgan fingerprint density at radius 2 is 1.93 bits per heavy atom.